The van der Waals surface area contributed by atoms with Gasteiger partial charge in [0.25, 0.3) is 0 Å². The third-order valence-corrected chi connectivity index (χ3v) is 5.47. The number of hydrogen-bond donors (Lipinski definition) is 2. The number of ketones is 1. The zero-order chi connectivity index (χ0) is 18.7. The van der Waals surface area contributed by atoms with Crippen LogP contribution in [0.3, 0.4) is 0 Å². The van der Waals surface area contributed by atoms with Crippen molar-refractivity contribution in [2.45, 2.75) is 44.9 Å². The zero-order valence-electron chi connectivity index (χ0n) is 15.7. The van der Waals surface area contributed by atoms with Gasteiger partial charge in [0.1, 0.15) is 5.75 Å². The highest BCUT2D eigenvalue weighted by atomic mass is 16.5. The maximum Gasteiger partial charge on any atom is 0.228 e. The fourth-order valence-electron chi connectivity index (χ4n) is 4.03. The van der Waals surface area contributed by atoms with Gasteiger partial charge in [-0.05, 0) is 23.5 Å². The second kappa shape index (κ2) is 5.66. The number of aliphatic hydroxyl groups is 1. The molecule has 1 aliphatic heterocycles. The van der Waals surface area contributed by atoms with Gasteiger partial charge in [0, 0.05) is 23.2 Å². The molecule has 2 aliphatic rings. The maximum absolute atomic E-state index is 13.3. The van der Waals surface area contributed by atoms with Gasteiger partial charge in [-0.1, -0.05) is 64.1 Å². The lowest BCUT2D eigenvalue weighted by Gasteiger charge is -2.36. The van der Waals surface area contributed by atoms with E-state index in [-0.39, 0.29) is 5.78 Å². The summed E-state index contributed by atoms with van der Waals surface area (Å²) in [6.45, 7) is 9.02. The van der Waals surface area contributed by atoms with Gasteiger partial charge in [0.15, 0.2) is 0 Å². The average Bonchev–Trinajstić information content (AvgIpc) is 2.98. The molecule has 26 heavy (non-hydrogen) atoms. The number of fused-ring (bicyclic) bond motifs is 5. The molecule has 0 fully saturated rings. The number of nitrogens with one attached hydrogen (secondary N) is 1. The Bertz CT molecular complexity index is 889. The molecule has 136 valence electrons. The van der Waals surface area contributed by atoms with Crippen LogP contribution in [0.2, 0.25) is 0 Å². The van der Waals surface area contributed by atoms with Crippen LogP contribution in [0.4, 0.5) is 0 Å². The van der Waals surface area contributed by atoms with Gasteiger partial charge in [-0.2, -0.15) is 0 Å². The molecule has 2 unspecified atom stereocenters. The number of Topliss-reactive ketones (excluding diaryl/α,β-unsaturated/α-hetero) is 1. The molecule has 0 radical (unpaired) electrons. The van der Waals surface area contributed by atoms with E-state index in [1.54, 1.807) is 6.07 Å². The molecule has 2 aromatic rings. The Balaban J connectivity index is 1.93. The fourth-order valence-corrected chi connectivity index (χ4v) is 4.03. The molecule has 0 bridgehead atoms. The van der Waals surface area contributed by atoms with E-state index < -0.39 is 11.3 Å². The Hall–Kier alpha value is -2.17. The van der Waals surface area contributed by atoms with Crippen molar-refractivity contribution in [2.75, 3.05) is 6.54 Å². The number of ether oxygens (including phenoxy) is 1. The molecule has 2 N–H and O–H groups in total. The summed E-state index contributed by atoms with van der Waals surface area (Å²) >= 11 is 0. The van der Waals surface area contributed by atoms with Crippen LogP contribution >= 0.6 is 0 Å². The predicted molar refractivity (Wildman–Crippen MR) is 100 cm³/mol. The van der Waals surface area contributed by atoms with Gasteiger partial charge in [-0.3, -0.25) is 10.1 Å². The summed E-state index contributed by atoms with van der Waals surface area (Å²) in [7, 11) is 0. The predicted octanol–water partition coefficient (Wildman–Crippen LogP) is 3.68. The van der Waals surface area contributed by atoms with Crippen molar-refractivity contribution < 1.29 is 14.6 Å². The summed E-state index contributed by atoms with van der Waals surface area (Å²) in [6.07, 6.45) is 0. The van der Waals surface area contributed by atoms with E-state index in [1.165, 1.54) is 0 Å². The first-order valence-electron chi connectivity index (χ1n) is 9.26. The van der Waals surface area contributed by atoms with Crippen LogP contribution in [-0.2, 0) is 11.3 Å². The molecule has 4 rings (SSSR count). The maximum atomic E-state index is 13.3. The Morgan fingerprint density at radius 2 is 1.81 bits per heavy atom. The van der Waals surface area contributed by atoms with Gasteiger partial charge in [0.05, 0.1) is 0 Å². The number of benzene rings is 2. The summed E-state index contributed by atoms with van der Waals surface area (Å²) in [5, 5.41) is 15.1. The lowest BCUT2D eigenvalue weighted by Crippen LogP contribution is -2.58. The molecule has 0 saturated heterocycles. The third-order valence-electron chi connectivity index (χ3n) is 5.47. The van der Waals surface area contributed by atoms with E-state index in [4.69, 9.17) is 4.74 Å². The van der Waals surface area contributed by atoms with Gasteiger partial charge < -0.3 is 9.84 Å². The fraction of sp³-hybridized carbons (Fsp3) is 0.409. The zero-order valence-corrected chi connectivity index (χ0v) is 15.7. The minimum absolute atomic E-state index is 0.305. The normalized spacial score (nSPS) is 26.0. The van der Waals surface area contributed by atoms with E-state index in [0.717, 1.165) is 5.56 Å². The molecular formula is C22H25NO3. The Kier molecular flexibility index (Phi) is 3.76. The average molecular weight is 351 g/mol. The number of rotatable bonds is 4. The second-order valence-electron chi connectivity index (χ2n) is 8.05. The standard InChI is InChI=1S/C22H25NO3/c1-13(2)12-23-22-17-8-6-5-7-16(17)20(24)21(22,25)18-10-9-15(14(3)4)11-19(18)26-22/h5-11,13-14,23,25H,12H2,1-4H3. The highest BCUT2D eigenvalue weighted by Gasteiger charge is 2.70. The number of carbonyl (C=O) groups excluding carboxylic acids is 1. The van der Waals surface area contributed by atoms with Crippen molar-refractivity contribution in [2.24, 2.45) is 5.92 Å². The highest BCUT2D eigenvalue weighted by molar-refractivity contribution is 6.10. The number of hydrogen-bond acceptors (Lipinski definition) is 4. The van der Waals surface area contributed by atoms with Gasteiger partial charge in [0.2, 0.25) is 17.1 Å². The monoisotopic (exact) mass is 351 g/mol. The summed E-state index contributed by atoms with van der Waals surface area (Å²) in [5.41, 5.74) is -0.147. The van der Waals surface area contributed by atoms with Crippen molar-refractivity contribution in [1.82, 2.24) is 5.32 Å². The third kappa shape index (κ3) is 2.06. The molecule has 0 aromatic heterocycles. The topological polar surface area (TPSA) is 58.6 Å². The van der Waals surface area contributed by atoms with Crippen LogP contribution in [-0.4, -0.2) is 17.4 Å². The lowest BCUT2D eigenvalue weighted by atomic mass is 9.84. The van der Waals surface area contributed by atoms with Crippen LogP contribution in [0.5, 0.6) is 5.75 Å². The van der Waals surface area contributed by atoms with E-state index in [1.807, 2.05) is 36.4 Å². The van der Waals surface area contributed by atoms with Crippen molar-refractivity contribution in [3.63, 3.8) is 0 Å². The van der Waals surface area contributed by atoms with Crippen LogP contribution in [0.25, 0.3) is 0 Å². The van der Waals surface area contributed by atoms with Crippen LogP contribution in [0.15, 0.2) is 42.5 Å². The van der Waals surface area contributed by atoms with Gasteiger partial charge >= 0.3 is 0 Å². The Morgan fingerprint density at radius 3 is 2.50 bits per heavy atom. The Labute approximate surface area is 154 Å². The summed E-state index contributed by atoms with van der Waals surface area (Å²) < 4.78 is 6.38. The summed E-state index contributed by atoms with van der Waals surface area (Å²) in [4.78, 5) is 13.3. The largest absolute Gasteiger partial charge is 0.464 e. The van der Waals surface area contributed by atoms with E-state index in [0.29, 0.717) is 40.8 Å². The molecule has 2 aromatic carbocycles. The second-order valence-corrected chi connectivity index (χ2v) is 8.05. The van der Waals surface area contributed by atoms with Gasteiger partial charge in [-0.25, -0.2) is 0 Å². The molecule has 0 saturated carbocycles. The summed E-state index contributed by atoms with van der Waals surface area (Å²) in [6, 6.07) is 13.1. The van der Waals surface area contributed by atoms with E-state index in [2.05, 4.69) is 33.0 Å². The van der Waals surface area contributed by atoms with Crippen molar-refractivity contribution in [1.29, 1.82) is 0 Å². The molecule has 1 aliphatic carbocycles. The summed E-state index contributed by atoms with van der Waals surface area (Å²) in [5.74, 6) is 0.954. The van der Waals surface area contributed by atoms with Crippen molar-refractivity contribution in [3.8, 4) is 5.75 Å². The van der Waals surface area contributed by atoms with Crippen LogP contribution < -0.4 is 10.1 Å². The minimum Gasteiger partial charge on any atom is -0.464 e. The smallest absolute Gasteiger partial charge is 0.228 e. The Morgan fingerprint density at radius 1 is 1.08 bits per heavy atom. The molecule has 4 nitrogen and oxygen atoms in total. The molecule has 0 amide bonds. The first kappa shape index (κ1) is 17.3. The minimum atomic E-state index is -1.75. The van der Waals surface area contributed by atoms with E-state index in [9.17, 15) is 9.90 Å². The number of carbonyl (C=O) groups is 1. The quantitative estimate of drug-likeness (QED) is 0.882. The van der Waals surface area contributed by atoms with Crippen LogP contribution in [0, 0.1) is 5.92 Å². The van der Waals surface area contributed by atoms with Crippen molar-refractivity contribution in [3.05, 3.63) is 64.7 Å². The lowest BCUT2D eigenvalue weighted by molar-refractivity contribution is -0.106. The highest BCUT2D eigenvalue weighted by Crippen LogP contribution is 2.58. The molecule has 4 heteroatoms. The first-order chi connectivity index (χ1) is 12.3. The first-order valence-corrected chi connectivity index (χ1v) is 9.26. The molecule has 1 heterocycles. The van der Waals surface area contributed by atoms with Crippen LogP contribution in [0.1, 0.15) is 60.7 Å². The molecule has 0 spiro atoms. The molecular weight excluding hydrogens is 326 g/mol. The van der Waals surface area contributed by atoms with Crippen molar-refractivity contribution >= 4 is 5.78 Å². The SMILES string of the molecule is CC(C)CNC12Oc3cc(C(C)C)ccc3C1(O)C(=O)c1ccccc12. The van der Waals surface area contributed by atoms with Gasteiger partial charge in [-0.15, -0.1) is 0 Å². The van der Waals surface area contributed by atoms with E-state index >= 15 is 0 Å². The molecule has 2 atom stereocenters.